The fourth-order valence-corrected chi connectivity index (χ4v) is 3.47. The second-order valence-electron chi connectivity index (χ2n) is 5.34. The molecule has 22 heavy (non-hydrogen) atoms. The van der Waals surface area contributed by atoms with Crippen molar-refractivity contribution in [3.8, 4) is 0 Å². The number of aromatic nitrogens is 1. The second kappa shape index (κ2) is 6.44. The number of benzene rings is 1. The van der Waals surface area contributed by atoms with E-state index in [0.29, 0.717) is 5.56 Å². The predicted octanol–water partition coefficient (Wildman–Crippen LogP) is 2.13. The minimum atomic E-state index is -3.13. The highest BCUT2D eigenvalue weighted by Crippen LogP contribution is 2.19. The molecule has 1 heterocycles. The molecule has 1 atom stereocenters. The molecule has 5 nitrogen and oxygen atoms in total. The third kappa shape index (κ3) is 3.44. The molecule has 0 fully saturated rings. The summed E-state index contributed by atoms with van der Waals surface area (Å²) in [5, 5.41) is 0.771. The van der Waals surface area contributed by atoms with Gasteiger partial charge in [0, 0.05) is 36.0 Å². The van der Waals surface area contributed by atoms with Crippen LogP contribution in [-0.4, -0.2) is 48.8 Å². The number of fused-ring (bicyclic) bond motifs is 1. The maximum atomic E-state index is 12.7. The predicted molar refractivity (Wildman–Crippen MR) is 87.6 cm³/mol. The van der Waals surface area contributed by atoms with Crippen molar-refractivity contribution < 1.29 is 13.2 Å². The molecule has 2 rings (SSSR count). The van der Waals surface area contributed by atoms with E-state index >= 15 is 0 Å². The Bertz CT molecular complexity index is 782. The van der Waals surface area contributed by atoms with E-state index in [1.807, 2.05) is 12.1 Å². The molecule has 0 aliphatic carbocycles. The summed E-state index contributed by atoms with van der Waals surface area (Å²) < 4.78 is 23.5. The van der Waals surface area contributed by atoms with Crippen molar-refractivity contribution in [2.75, 3.05) is 18.6 Å². The van der Waals surface area contributed by atoms with E-state index < -0.39 is 9.84 Å². The number of carbonyl (C=O) groups excluding carboxylic acids is 1. The molecule has 0 N–H and O–H groups in total. The Morgan fingerprint density at radius 3 is 2.68 bits per heavy atom. The van der Waals surface area contributed by atoms with E-state index in [9.17, 15) is 13.2 Å². The van der Waals surface area contributed by atoms with E-state index in [1.54, 1.807) is 45.3 Å². The van der Waals surface area contributed by atoms with Gasteiger partial charge in [0.1, 0.15) is 0 Å². The molecule has 1 unspecified atom stereocenters. The van der Waals surface area contributed by atoms with Crippen LogP contribution in [0.3, 0.4) is 0 Å². The summed E-state index contributed by atoms with van der Waals surface area (Å²) in [7, 11) is -1.50. The number of carbonyl (C=O) groups is 1. The molecular formula is C16H20N2O3S. The molecule has 6 heteroatoms. The maximum Gasteiger partial charge on any atom is 0.254 e. The summed E-state index contributed by atoms with van der Waals surface area (Å²) >= 11 is 0. The van der Waals surface area contributed by atoms with Gasteiger partial charge < -0.3 is 4.90 Å². The number of hydrogen-bond acceptors (Lipinski definition) is 4. The number of sulfone groups is 1. The summed E-state index contributed by atoms with van der Waals surface area (Å²) in [6.45, 7) is 3.36. The smallest absolute Gasteiger partial charge is 0.254 e. The van der Waals surface area contributed by atoms with Gasteiger partial charge in [-0.3, -0.25) is 9.78 Å². The van der Waals surface area contributed by atoms with Crippen LogP contribution in [0.15, 0.2) is 36.5 Å². The minimum absolute atomic E-state index is 0.0330. The van der Waals surface area contributed by atoms with Crippen molar-refractivity contribution in [3.63, 3.8) is 0 Å². The molecule has 0 aliphatic rings. The summed E-state index contributed by atoms with van der Waals surface area (Å²) in [4.78, 5) is 18.4. The average Bonchev–Trinajstić information content (AvgIpc) is 2.52. The highest BCUT2D eigenvalue weighted by atomic mass is 32.2. The largest absolute Gasteiger partial charge is 0.338 e. The van der Waals surface area contributed by atoms with Crippen LogP contribution in [0.1, 0.15) is 24.2 Å². The first-order valence-electron chi connectivity index (χ1n) is 7.17. The zero-order valence-corrected chi connectivity index (χ0v) is 13.8. The number of nitrogens with zero attached hydrogens (tertiary/aromatic N) is 2. The number of rotatable bonds is 5. The second-order valence-corrected chi connectivity index (χ2v) is 7.74. The molecule has 1 aromatic carbocycles. The van der Waals surface area contributed by atoms with Crippen molar-refractivity contribution >= 4 is 26.6 Å². The third-order valence-electron chi connectivity index (χ3n) is 3.79. The van der Waals surface area contributed by atoms with Gasteiger partial charge in [-0.2, -0.15) is 0 Å². The fourth-order valence-electron chi connectivity index (χ4n) is 2.28. The van der Waals surface area contributed by atoms with E-state index in [0.717, 1.165) is 10.9 Å². The van der Waals surface area contributed by atoms with Crippen LogP contribution < -0.4 is 0 Å². The maximum absolute atomic E-state index is 12.7. The molecule has 1 amide bonds. The van der Waals surface area contributed by atoms with Gasteiger partial charge >= 0.3 is 0 Å². The molecule has 0 saturated carbocycles. The first kappa shape index (κ1) is 16.4. The molecule has 0 radical (unpaired) electrons. The normalized spacial score (nSPS) is 13.0. The Kier molecular flexibility index (Phi) is 4.81. The fraction of sp³-hybridized carbons (Fsp3) is 0.375. The van der Waals surface area contributed by atoms with Gasteiger partial charge in [-0.25, -0.2) is 8.42 Å². The van der Waals surface area contributed by atoms with Crippen LogP contribution in [-0.2, 0) is 9.84 Å². The zero-order chi connectivity index (χ0) is 16.3. The van der Waals surface area contributed by atoms with Gasteiger partial charge in [-0.1, -0.05) is 19.1 Å². The summed E-state index contributed by atoms with van der Waals surface area (Å²) in [6.07, 6.45) is 1.68. The van der Waals surface area contributed by atoms with Crippen molar-refractivity contribution in [2.24, 2.45) is 0 Å². The lowest BCUT2D eigenvalue weighted by molar-refractivity contribution is 0.0759. The van der Waals surface area contributed by atoms with Crippen molar-refractivity contribution in [1.82, 2.24) is 9.88 Å². The van der Waals surface area contributed by atoms with Gasteiger partial charge in [0.2, 0.25) is 0 Å². The Balaban J connectivity index is 2.30. The highest BCUT2D eigenvalue weighted by Gasteiger charge is 2.23. The summed E-state index contributed by atoms with van der Waals surface area (Å²) in [5.41, 5.74) is 1.28. The lowest BCUT2D eigenvalue weighted by Crippen LogP contribution is -2.39. The van der Waals surface area contributed by atoms with E-state index in [1.165, 1.54) is 4.90 Å². The van der Waals surface area contributed by atoms with Crippen LogP contribution in [0.2, 0.25) is 0 Å². The van der Waals surface area contributed by atoms with Crippen LogP contribution >= 0.6 is 0 Å². The van der Waals surface area contributed by atoms with Crippen molar-refractivity contribution in [1.29, 1.82) is 0 Å². The SMILES string of the molecule is CCS(=O)(=O)CC(C)N(C)C(=O)c1cccc2ncccc12. The molecule has 2 aromatic rings. The van der Waals surface area contributed by atoms with Gasteiger partial charge in [-0.15, -0.1) is 0 Å². The first-order valence-corrected chi connectivity index (χ1v) is 8.99. The van der Waals surface area contributed by atoms with Crippen LogP contribution in [0.4, 0.5) is 0 Å². The van der Waals surface area contributed by atoms with Crippen LogP contribution in [0.5, 0.6) is 0 Å². The Morgan fingerprint density at radius 2 is 2.00 bits per heavy atom. The Labute approximate surface area is 130 Å². The van der Waals surface area contributed by atoms with E-state index in [2.05, 4.69) is 4.98 Å². The van der Waals surface area contributed by atoms with Gasteiger partial charge in [0.25, 0.3) is 5.91 Å². The lowest BCUT2D eigenvalue weighted by Gasteiger charge is -2.25. The first-order chi connectivity index (χ1) is 10.4. The minimum Gasteiger partial charge on any atom is -0.338 e. The summed E-state index contributed by atoms with van der Waals surface area (Å²) in [5.74, 6) is -0.149. The quantitative estimate of drug-likeness (QED) is 0.846. The molecule has 1 aromatic heterocycles. The van der Waals surface area contributed by atoms with E-state index in [4.69, 9.17) is 0 Å². The standard InChI is InChI=1S/C16H20N2O3S/c1-4-22(20,21)11-12(2)18(3)16(19)14-7-5-9-15-13(14)8-6-10-17-15/h5-10,12H,4,11H2,1-3H3. The number of amides is 1. The molecule has 0 spiro atoms. The number of pyridine rings is 1. The monoisotopic (exact) mass is 320 g/mol. The zero-order valence-electron chi connectivity index (χ0n) is 13.0. The Hall–Kier alpha value is -1.95. The average molecular weight is 320 g/mol. The molecule has 0 bridgehead atoms. The Morgan fingerprint density at radius 1 is 1.27 bits per heavy atom. The lowest BCUT2D eigenvalue weighted by atomic mass is 10.1. The summed E-state index contributed by atoms with van der Waals surface area (Å²) in [6, 6.07) is 8.61. The molecule has 0 aliphatic heterocycles. The number of hydrogen-bond donors (Lipinski definition) is 0. The highest BCUT2D eigenvalue weighted by molar-refractivity contribution is 7.91. The van der Waals surface area contributed by atoms with Gasteiger partial charge in [0.15, 0.2) is 9.84 Å². The van der Waals surface area contributed by atoms with Crippen LogP contribution in [0, 0.1) is 0 Å². The molecular weight excluding hydrogens is 300 g/mol. The van der Waals surface area contributed by atoms with Gasteiger partial charge in [-0.05, 0) is 25.1 Å². The topological polar surface area (TPSA) is 67.3 Å². The van der Waals surface area contributed by atoms with Gasteiger partial charge in [0.05, 0.1) is 11.3 Å². The van der Waals surface area contributed by atoms with E-state index in [-0.39, 0.29) is 23.5 Å². The van der Waals surface area contributed by atoms with Crippen molar-refractivity contribution in [3.05, 3.63) is 42.1 Å². The molecule has 0 saturated heterocycles. The van der Waals surface area contributed by atoms with Crippen LogP contribution in [0.25, 0.3) is 10.9 Å². The molecule has 118 valence electrons. The van der Waals surface area contributed by atoms with Crippen molar-refractivity contribution in [2.45, 2.75) is 19.9 Å². The third-order valence-corrected chi connectivity index (χ3v) is 5.66.